The number of rotatable bonds is 5. The third kappa shape index (κ3) is 5.07. The molecule has 0 aliphatic rings. The van der Waals surface area contributed by atoms with Gasteiger partial charge in [-0.3, -0.25) is 0 Å². The molecule has 0 spiro atoms. The smallest absolute Gasteiger partial charge is 0.0628 e. The highest BCUT2D eigenvalue weighted by atomic mass is 14.2. The van der Waals surface area contributed by atoms with Crippen molar-refractivity contribution in [2.24, 2.45) is 0 Å². The first-order valence-electron chi connectivity index (χ1n) is 16.1. The zero-order chi connectivity index (χ0) is 31.2. The van der Waals surface area contributed by atoms with E-state index in [2.05, 4.69) is 169 Å². The quantitative estimate of drug-likeness (QED) is 0.141. The van der Waals surface area contributed by atoms with Gasteiger partial charge in [-0.15, -0.1) is 0 Å². The zero-order valence-corrected chi connectivity index (χ0v) is 27.2. The normalized spacial score (nSPS) is 11.3. The van der Waals surface area contributed by atoms with Crippen molar-refractivity contribution in [3.63, 3.8) is 0 Å². The second-order valence-electron chi connectivity index (χ2n) is 12.9. The van der Waals surface area contributed by atoms with Crippen molar-refractivity contribution in [3.05, 3.63) is 161 Å². The third-order valence-corrected chi connectivity index (χ3v) is 9.59. The summed E-state index contributed by atoms with van der Waals surface area (Å²) < 4.78 is 0. The van der Waals surface area contributed by atoms with Crippen LogP contribution >= 0.6 is 0 Å². The van der Waals surface area contributed by atoms with Crippen LogP contribution in [0.5, 0.6) is 0 Å². The van der Waals surface area contributed by atoms with Crippen molar-refractivity contribution in [1.82, 2.24) is 0 Å². The lowest BCUT2D eigenvalue weighted by molar-refractivity contribution is 1.34. The van der Waals surface area contributed by atoms with E-state index in [4.69, 9.17) is 0 Å². The lowest BCUT2D eigenvalue weighted by Gasteiger charge is -2.28. The van der Waals surface area contributed by atoms with Gasteiger partial charge in [0.15, 0.2) is 0 Å². The molecular weight excluding hydrogens is 539 g/mol. The van der Waals surface area contributed by atoms with E-state index in [-0.39, 0.29) is 6.71 Å². The second kappa shape index (κ2) is 11.6. The molecule has 0 amide bonds. The first-order valence-corrected chi connectivity index (χ1v) is 16.1. The standard InChI is InChI=1S/C44H39B/c1-28-23-30(3)42(31(4)24-28)45(43-32(5)25-29(2)26-33(43)6)44-38-21-13-19-36(34-15-9-7-10-16-34)40(38)27-41-37(20-14-22-39(41)44)35-17-11-8-12-18-35/h7-27H,1-6H3. The Bertz CT molecular complexity index is 2010. The molecule has 0 saturated heterocycles. The van der Waals surface area contributed by atoms with E-state index in [1.54, 1.807) is 0 Å². The van der Waals surface area contributed by atoms with Gasteiger partial charge in [0.25, 0.3) is 0 Å². The predicted molar refractivity (Wildman–Crippen MR) is 198 cm³/mol. The highest BCUT2D eigenvalue weighted by molar-refractivity contribution is 6.99. The maximum absolute atomic E-state index is 2.46. The van der Waals surface area contributed by atoms with Gasteiger partial charge in [0.1, 0.15) is 0 Å². The maximum Gasteiger partial charge on any atom is 0.244 e. The molecule has 0 aromatic heterocycles. The van der Waals surface area contributed by atoms with E-state index in [0.29, 0.717) is 0 Å². The van der Waals surface area contributed by atoms with Crippen LogP contribution in [0.3, 0.4) is 0 Å². The average molecular weight is 579 g/mol. The zero-order valence-electron chi connectivity index (χ0n) is 27.2. The molecule has 0 N–H and O–H groups in total. The summed E-state index contributed by atoms with van der Waals surface area (Å²) in [5, 5.41) is 5.23. The van der Waals surface area contributed by atoms with Gasteiger partial charge in [0.2, 0.25) is 6.71 Å². The summed E-state index contributed by atoms with van der Waals surface area (Å²) in [6.45, 7) is 13.7. The minimum absolute atomic E-state index is 0.0643. The Morgan fingerprint density at radius 1 is 0.333 bits per heavy atom. The van der Waals surface area contributed by atoms with Crippen molar-refractivity contribution < 1.29 is 0 Å². The SMILES string of the molecule is Cc1cc(C)c(B(c2c(C)cc(C)cc2C)c2c3cccc(-c4ccccc4)c3cc3c(-c4ccccc4)cccc23)c(C)c1. The molecule has 0 nitrogen and oxygen atoms in total. The summed E-state index contributed by atoms with van der Waals surface area (Å²) in [5.74, 6) is 0. The van der Waals surface area contributed by atoms with Crippen LogP contribution in [0.15, 0.2) is 127 Å². The third-order valence-electron chi connectivity index (χ3n) is 9.59. The van der Waals surface area contributed by atoms with Crippen LogP contribution in [0, 0.1) is 41.5 Å². The van der Waals surface area contributed by atoms with Gasteiger partial charge < -0.3 is 0 Å². The second-order valence-corrected chi connectivity index (χ2v) is 12.9. The van der Waals surface area contributed by atoms with Crippen molar-refractivity contribution in [2.45, 2.75) is 41.5 Å². The Hall–Kier alpha value is -4.88. The monoisotopic (exact) mass is 578 g/mol. The molecule has 7 aromatic rings. The van der Waals surface area contributed by atoms with Crippen molar-refractivity contribution in [1.29, 1.82) is 0 Å². The van der Waals surface area contributed by atoms with E-state index >= 15 is 0 Å². The van der Waals surface area contributed by atoms with Gasteiger partial charge in [0.05, 0.1) is 0 Å². The number of benzene rings is 7. The van der Waals surface area contributed by atoms with Gasteiger partial charge in [-0.25, -0.2) is 0 Å². The van der Waals surface area contributed by atoms with Crippen LogP contribution in [0.25, 0.3) is 43.8 Å². The van der Waals surface area contributed by atoms with Crippen LogP contribution in [-0.4, -0.2) is 6.71 Å². The molecule has 7 rings (SSSR count). The van der Waals surface area contributed by atoms with Gasteiger partial charge in [-0.2, -0.15) is 0 Å². The van der Waals surface area contributed by atoms with Crippen molar-refractivity contribution in [3.8, 4) is 22.3 Å². The van der Waals surface area contributed by atoms with Gasteiger partial charge in [-0.05, 0) is 91.4 Å². The van der Waals surface area contributed by atoms with Crippen LogP contribution in [0.2, 0.25) is 0 Å². The van der Waals surface area contributed by atoms with E-state index < -0.39 is 0 Å². The maximum atomic E-state index is 2.46. The molecule has 0 saturated carbocycles. The molecule has 1 heteroatoms. The highest BCUT2D eigenvalue weighted by Gasteiger charge is 2.32. The lowest BCUT2D eigenvalue weighted by Crippen LogP contribution is -2.56. The first kappa shape index (κ1) is 28.9. The summed E-state index contributed by atoms with van der Waals surface area (Å²) in [7, 11) is 0. The van der Waals surface area contributed by atoms with E-state index in [1.807, 2.05) is 0 Å². The minimum Gasteiger partial charge on any atom is -0.0628 e. The average Bonchev–Trinajstić information content (AvgIpc) is 3.02. The molecule has 218 valence electrons. The summed E-state index contributed by atoms with van der Waals surface area (Å²) in [5.41, 5.74) is 17.3. The molecule has 0 atom stereocenters. The van der Waals surface area contributed by atoms with Gasteiger partial charge >= 0.3 is 0 Å². The Morgan fingerprint density at radius 3 is 1.09 bits per heavy atom. The molecule has 0 radical (unpaired) electrons. The molecule has 0 aliphatic heterocycles. The van der Waals surface area contributed by atoms with Crippen LogP contribution in [-0.2, 0) is 0 Å². The Balaban J connectivity index is 1.71. The number of aryl methyl sites for hydroxylation is 6. The van der Waals surface area contributed by atoms with Crippen LogP contribution < -0.4 is 16.4 Å². The van der Waals surface area contributed by atoms with Crippen LogP contribution in [0.1, 0.15) is 33.4 Å². The fraction of sp³-hybridized carbons (Fsp3) is 0.136. The molecular formula is C44H39B. The molecule has 0 heterocycles. The molecule has 45 heavy (non-hydrogen) atoms. The van der Waals surface area contributed by atoms with E-state index in [0.717, 1.165) is 0 Å². The summed E-state index contributed by atoms with van der Waals surface area (Å²) in [6.07, 6.45) is 0. The molecule has 0 bridgehead atoms. The Labute approximate surface area is 268 Å². The molecule has 0 aliphatic carbocycles. The highest BCUT2D eigenvalue weighted by Crippen LogP contribution is 2.36. The van der Waals surface area contributed by atoms with Gasteiger partial charge in [-0.1, -0.05) is 171 Å². The summed E-state index contributed by atoms with van der Waals surface area (Å²) in [6, 6.07) is 47.5. The van der Waals surface area contributed by atoms with Gasteiger partial charge in [0, 0.05) is 0 Å². The number of fused-ring (bicyclic) bond motifs is 2. The summed E-state index contributed by atoms with van der Waals surface area (Å²) in [4.78, 5) is 0. The Kier molecular flexibility index (Phi) is 7.42. The predicted octanol–water partition coefficient (Wildman–Crippen LogP) is 9.69. The van der Waals surface area contributed by atoms with Crippen molar-refractivity contribution >= 4 is 44.6 Å². The van der Waals surface area contributed by atoms with E-state index in [9.17, 15) is 0 Å². The number of hydrogen-bond donors (Lipinski definition) is 0. The Morgan fingerprint density at radius 2 is 0.711 bits per heavy atom. The molecule has 0 unspecified atom stereocenters. The fourth-order valence-corrected chi connectivity index (χ4v) is 7.98. The lowest BCUT2D eigenvalue weighted by atomic mass is 9.33. The first-order chi connectivity index (χ1) is 21.8. The topological polar surface area (TPSA) is 0 Å². The fourth-order valence-electron chi connectivity index (χ4n) is 7.98. The molecule has 7 aromatic carbocycles. The van der Waals surface area contributed by atoms with Crippen LogP contribution in [0.4, 0.5) is 0 Å². The minimum atomic E-state index is 0.0643. The molecule has 0 fully saturated rings. The van der Waals surface area contributed by atoms with E-state index in [1.165, 1.54) is 93.6 Å². The summed E-state index contributed by atoms with van der Waals surface area (Å²) >= 11 is 0. The van der Waals surface area contributed by atoms with Crippen molar-refractivity contribution in [2.75, 3.05) is 0 Å². The largest absolute Gasteiger partial charge is 0.244 e. The number of hydrogen-bond acceptors (Lipinski definition) is 0.